The fourth-order valence-electron chi connectivity index (χ4n) is 5.67. The first kappa shape index (κ1) is 12.2. The molecule has 104 valence electrons. The van der Waals surface area contributed by atoms with E-state index in [-0.39, 0.29) is 6.10 Å². The third-order valence-electron chi connectivity index (χ3n) is 6.67. The van der Waals surface area contributed by atoms with Gasteiger partial charge in [-0.3, -0.25) is 0 Å². The van der Waals surface area contributed by atoms with Crippen molar-refractivity contribution in [3.63, 3.8) is 0 Å². The third-order valence-corrected chi connectivity index (χ3v) is 6.67. The predicted molar refractivity (Wildman–Crippen MR) is 77.7 cm³/mol. The number of hydrogen-bond donors (Lipinski definition) is 1. The SMILES string of the molecule is C[C@@]12C=CC[C@H]1[C@@H]1CCC3=C(CC[C@@H](O)C3)[C@H]1CC2. The monoisotopic (exact) mass is 258 g/mol. The van der Waals surface area contributed by atoms with Crippen LogP contribution in [0, 0.1) is 23.2 Å². The lowest BCUT2D eigenvalue weighted by Gasteiger charge is -2.50. The maximum atomic E-state index is 9.89. The van der Waals surface area contributed by atoms with Crippen molar-refractivity contribution in [3.05, 3.63) is 23.3 Å². The minimum Gasteiger partial charge on any atom is -0.393 e. The van der Waals surface area contributed by atoms with Crippen molar-refractivity contribution in [1.82, 2.24) is 0 Å². The van der Waals surface area contributed by atoms with Gasteiger partial charge in [0, 0.05) is 0 Å². The molecular formula is C18H26O. The largest absolute Gasteiger partial charge is 0.393 e. The Morgan fingerprint density at radius 3 is 3.00 bits per heavy atom. The molecule has 4 aliphatic carbocycles. The van der Waals surface area contributed by atoms with Crippen LogP contribution in [-0.4, -0.2) is 11.2 Å². The molecule has 0 bridgehead atoms. The van der Waals surface area contributed by atoms with Gasteiger partial charge < -0.3 is 5.11 Å². The zero-order valence-corrected chi connectivity index (χ0v) is 12.1. The van der Waals surface area contributed by atoms with E-state index in [9.17, 15) is 5.11 Å². The molecule has 1 nitrogen and oxygen atoms in total. The van der Waals surface area contributed by atoms with Crippen LogP contribution in [0.1, 0.15) is 58.3 Å². The Morgan fingerprint density at radius 1 is 1.21 bits per heavy atom. The molecule has 19 heavy (non-hydrogen) atoms. The third kappa shape index (κ3) is 1.77. The van der Waals surface area contributed by atoms with E-state index in [2.05, 4.69) is 19.1 Å². The van der Waals surface area contributed by atoms with Crippen LogP contribution in [0.5, 0.6) is 0 Å². The van der Waals surface area contributed by atoms with E-state index in [0.717, 1.165) is 30.6 Å². The van der Waals surface area contributed by atoms with Gasteiger partial charge in [0.2, 0.25) is 0 Å². The van der Waals surface area contributed by atoms with Gasteiger partial charge in [-0.05, 0) is 74.5 Å². The summed E-state index contributed by atoms with van der Waals surface area (Å²) in [7, 11) is 0. The average molecular weight is 258 g/mol. The summed E-state index contributed by atoms with van der Waals surface area (Å²) in [5.74, 6) is 2.71. The Balaban J connectivity index is 1.64. The molecule has 0 aromatic heterocycles. The van der Waals surface area contributed by atoms with Crippen LogP contribution in [0.15, 0.2) is 23.3 Å². The van der Waals surface area contributed by atoms with E-state index in [1.807, 2.05) is 0 Å². The van der Waals surface area contributed by atoms with Crippen molar-refractivity contribution < 1.29 is 5.11 Å². The molecule has 0 amide bonds. The smallest absolute Gasteiger partial charge is 0.0580 e. The number of hydrogen-bond acceptors (Lipinski definition) is 1. The number of allylic oxidation sites excluding steroid dienone is 3. The van der Waals surface area contributed by atoms with Crippen molar-refractivity contribution in [2.75, 3.05) is 0 Å². The molecule has 1 saturated carbocycles. The number of aliphatic hydroxyl groups excluding tert-OH is 1. The van der Waals surface area contributed by atoms with E-state index < -0.39 is 0 Å². The van der Waals surface area contributed by atoms with E-state index in [0.29, 0.717) is 5.41 Å². The number of aliphatic hydroxyl groups is 1. The summed E-state index contributed by atoms with van der Waals surface area (Å²) in [6.07, 6.45) is 14.9. The number of rotatable bonds is 0. The van der Waals surface area contributed by atoms with Crippen LogP contribution in [0.25, 0.3) is 0 Å². The lowest BCUT2D eigenvalue weighted by molar-refractivity contribution is 0.0554. The zero-order chi connectivity index (χ0) is 13.0. The van der Waals surface area contributed by atoms with Gasteiger partial charge in [-0.2, -0.15) is 0 Å². The molecule has 0 saturated heterocycles. The highest BCUT2D eigenvalue weighted by molar-refractivity contribution is 5.28. The van der Waals surface area contributed by atoms with E-state index in [4.69, 9.17) is 0 Å². The topological polar surface area (TPSA) is 20.2 Å². The fourth-order valence-corrected chi connectivity index (χ4v) is 5.67. The van der Waals surface area contributed by atoms with Crippen LogP contribution in [-0.2, 0) is 0 Å². The molecule has 0 unspecified atom stereocenters. The molecule has 1 N–H and O–H groups in total. The van der Waals surface area contributed by atoms with Gasteiger partial charge in [0.25, 0.3) is 0 Å². The molecule has 1 heteroatoms. The highest BCUT2D eigenvalue weighted by Gasteiger charge is 2.49. The van der Waals surface area contributed by atoms with Crippen LogP contribution < -0.4 is 0 Å². The molecular weight excluding hydrogens is 232 g/mol. The van der Waals surface area contributed by atoms with Gasteiger partial charge in [-0.15, -0.1) is 0 Å². The van der Waals surface area contributed by atoms with Gasteiger partial charge in [0.1, 0.15) is 0 Å². The Morgan fingerprint density at radius 2 is 2.11 bits per heavy atom. The van der Waals surface area contributed by atoms with Gasteiger partial charge in [-0.1, -0.05) is 30.2 Å². The summed E-state index contributed by atoms with van der Waals surface area (Å²) >= 11 is 0. The molecule has 0 aromatic carbocycles. The summed E-state index contributed by atoms with van der Waals surface area (Å²) in [4.78, 5) is 0. The van der Waals surface area contributed by atoms with E-state index >= 15 is 0 Å². The molecule has 4 aliphatic rings. The van der Waals surface area contributed by atoms with Crippen molar-refractivity contribution in [2.24, 2.45) is 23.2 Å². The van der Waals surface area contributed by atoms with Crippen molar-refractivity contribution in [1.29, 1.82) is 0 Å². The second kappa shape index (κ2) is 4.22. The first-order valence-corrected chi connectivity index (χ1v) is 8.24. The summed E-state index contributed by atoms with van der Waals surface area (Å²) in [6.45, 7) is 2.49. The van der Waals surface area contributed by atoms with Crippen LogP contribution >= 0.6 is 0 Å². The molecule has 0 radical (unpaired) electrons. The Hall–Kier alpha value is -0.560. The lowest BCUT2D eigenvalue weighted by atomic mass is 9.54. The predicted octanol–water partition coefficient (Wildman–Crippen LogP) is 4.23. The molecule has 0 aromatic rings. The summed E-state index contributed by atoms with van der Waals surface area (Å²) < 4.78 is 0. The summed E-state index contributed by atoms with van der Waals surface area (Å²) in [5, 5.41) is 9.89. The minimum absolute atomic E-state index is 0.0442. The van der Waals surface area contributed by atoms with Crippen molar-refractivity contribution in [2.45, 2.75) is 64.4 Å². The maximum Gasteiger partial charge on any atom is 0.0580 e. The highest BCUT2D eigenvalue weighted by atomic mass is 16.3. The van der Waals surface area contributed by atoms with Gasteiger partial charge >= 0.3 is 0 Å². The molecule has 4 rings (SSSR count). The Bertz CT molecular complexity index is 447. The normalized spacial score (nSPS) is 48.7. The van der Waals surface area contributed by atoms with Crippen LogP contribution in [0.2, 0.25) is 0 Å². The molecule has 0 heterocycles. The van der Waals surface area contributed by atoms with Gasteiger partial charge in [-0.25, -0.2) is 0 Å². The second-order valence-corrected chi connectivity index (χ2v) is 7.62. The first-order valence-electron chi connectivity index (χ1n) is 8.24. The molecule has 1 fully saturated rings. The van der Waals surface area contributed by atoms with Crippen LogP contribution in [0.4, 0.5) is 0 Å². The van der Waals surface area contributed by atoms with E-state index in [1.54, 1.807) is 11.1 Å². The first-order chi connectivity index (χ1) is 9.17. The lowest BCUT2D eigenvalue weighted by Crippen LogP contribution is -2.41. The summed E-state index contributed by atoms with van der Waals surface area (Å²) in [5.41, 5.74) is 3.94. The Kier molecular flexibility index (Phi) is 2.71. The van der Waals surface area contributed by atoms with Crippen LogP contribution in [0.3, 0.4) is 0 Å². The molecule has 0 spiro atoms. The average Bonchev–Trinajstić information content (AvgIpc) is 2.79. The highest BCUT2D eigenvalue weighted by Crippen LogP contribution is 2.58. The zero-order valence-electron chi connectivity index (χ0n) is 12.1. The van der Waals surface area contributed by atoms with Gasteiger partial charge in [0.05, 0.1) is 6.10 Å². The summed E-state index contributed by atoms with van der Waals surface area (Å²) in [6, 6.07) is 0. The fraction of sp³-hybridized carbons (Fsp3) is 0.778. The number of fused-ring (bicyclic) bond motifs is 4. The van der Waals surface area contributed by atoms with Crippen molar-refractivity contribution >= 4 is 0 Å². The molecule has 0 aliphatic heterocycles. The van der Waals surface area contributed by atoms with Crippen molar-refractivity contribution in [3.8, 4) is 0 Å². The van der Waals surface area contributed by atoms with E-state index in [1.165, 1.54) is 38.5 Å². The minimum atomic E-state index is -0.0442. The standard InChI is InChI=1S/C18H26O/c1-18-9-2-3-17(18)16-6-4-12-11-13(19)5-7-14(12)15(16)8-10-18/h2,9,13,15-17,19H,3-8,10-11H2,1H3/t13-,15-,16-,17+,18+/m1/s1. The second-order valence-electron chi connectivity index (χ2n) is 7.62. The Labute approximate surface area is 116 Å². The quantitative estimate of drug-likeness (QED) is 0.645. The maximum absolute atomic E-state index is 9.89. The van der Waals surface area contributed by atoms with Gasteiger partial charge in [0.15, 0.2) is 0 Å². The molecule has 5 atom stereocenters.